The van der Waals surface area contributed by atoms with E-state index in [1.54, 1.807) is 4.90 Å². The summed E-state index contributed by atoms with van der Waals surface area (Å²) in [5.74, 6) is -0.107. The minimum Gasteiger partial charge on any atom is -0.322 e. The molecule has 0 radical (unpaired) electrons. The van der Waals surface area contributed by atoms with Crippen LogP contribution in [-0.4, -0.2) is 10.9 Å². The molecule has 2 aromatic carbocycles. The minimum absolute atomic E-state index is 0.107. The lowest BCUT2D eigenvalue weighted by Gasteiger charge is -2.23. The molecule has 1 amide bonds. The number of carbonyl (C=O) groups is 1. The molecule has 28 heavy (non-hydrogen) atoms. The van der Waals surface area contributed by atoms with Crippen LogP contribution >= 0.6 is 11.3 Å². The summed E-state index contributed by atoms with van der Waals surface area (Å²) in [4.78, 5) is 31.1. The number of H-pyrrole nitrogens is 1. The molecule has 0 spiro atoms. The van der Waals surface area contributed by atoms with E-state index in [0.717, 1.165) is 27.7 Å². The van der Waals surface area contributed by atoms with Crippen molar-refractivity contribution in [2.75, 3.05) is 4.90 Å². The minimum atomic E-state index is -0.172. The zero-order chi connectivity index (χ0) is 19.7. The van der Waals surface area contributed by atoms with E-state index in [0.29, 0.717) is 10.4 Å². The number of fused-ring (bicyclic) bond motifs is 1. The van der Waals surface area contributed by atoms with Crippen molar-refractivity contribution in [3.8, 4) is 0 Å². The van der Waals surface area contributed by atoms with E-state index in [-0.39, 0.29) is 18.0 Å². The number of aromatic nitrogens is 1. The molecule has 2 aromatic heterocycles. The van der Waals surface area contributed by atoms with Gasteiger partial charge in [-0.25, -0.2) is 0 Å². The summed E-state index contributed by atoms with van der Waals surface area (Å²) in [6.45, 7) is 4.19. The Morgan fingerprint density at radius 1 is 1.00 bits per heavy atom. The third-order valence-electron chi connectivity index (χ3n) is 4.70. The molecule has 0 unspecified atom stereocenters. The first kappa shape index (κ1) is 18.2. The van der Waals surface area contributed by atoms with Gasteiger partial charge >= 0.3 is 0 Å². The van der Waals surface area contributed by atoms with Crippen LogP contribution in [0.4, 0.5) is 5.69 Å². The molecule has 0 aliphatic heterocycles. The topological polar surface area (TPSA) is 53.2 Å². The van der Waals surface area contributed by atoms with Crippen LogP contribution in [0.3, 0.4) is 0 Å². The highest BCUT2D eigenvalue weighted by molar-refractivity contribution is 7.12. The molecule has 4 nitrogen and oxygen atoms in total. The van der Waals surface area contributed by atoms with Gasteiger partial charge in [0.25, 0.3) is 11.5 Å². The standard InChI is InChI=1S/C23H20N2O2S/c1-15-5-3-6-19(11-15)25(23(27)21-7-4-10-28-21)14-18-13-17-9-8-16(2)12-20(17)24-22(18)26/h3-13H,14H2,1-2H3,(H,24,26). The molecule has 4 aromatic rings. The van der Waals surface area contributed by atoms with Crippen LogP contribution in [0.5, 0.6) is 0 Å². The third kappa shape index (κ3) is 3.62. The molecule has 2 heterocycles. The summed E-state index contributed by atoms with van der Waals surface area (Å²) in [6, 6.07) is 19.3. The molecular formula is C23H20N2O2S. The lowest BCUT2D eigenvalue weighted by Crippen LogP contribution is -2.32. The van der Waals surface area contributed by atoms with E-state index in [9.17, 15) is 9.59 Å². The van der Waals surface area contributed by atoms with Gasteiger partial charge < -0.3 is 9.88 Å². The number of thiophene rings is 1. The summed E-state index contributed by atoms with van der Waals surface area (Å²) in [7, 11) is 0. The van der Waals surface area contributed by atoms with Crippen LogP contribution in [0.2, 0.25) is 0 Å². The maximum absolute atomic E-state index is 13.2. The Bertz CT molecular complexity index is 1210. The molecule has 0 aliphatic rings. The first-order valence-electron chi connectivity index (χ1n) is 9.06. The highest BCUT2D eigenvalue weighted by atomic mass is 32.1. The van der Waals surface area contributed by atoms with Crippen LogP contribution in [-0.2, 0) is 6.54 Å². The van der Waals surface area contributed by atoms with Crippen molar-refractivity contribution in [3.05, 3.63) is 98.0 Å². The summed E-state index contributed by atoms with van der Waals surface area (Å²) < 4.78 is 0. The molecule has 5 heteroatoms. The number of aryl methyl sites for hydroxylation is 2. The Hall–Kier alpha value is -3.18. The average molecular weight is 388 g/mol. The van der Waals surface area contributed by atoms with Crippen LogP contribution in [0.15, 0.2) is 70.8 Å². The first-order chi connectivity index (χ1) is 13.5. The summed E-state index contributed by atoms with van der Waals surface area (Å²) in [5, 5.41) is 2.83. The van der Waals surface area contributed by atoms with Gasteiger partial charge in [-0.1, -0.05) is 30.3 Å². The van der Waals surface area contributed by atoms with Gasteiger partial charge in [-0.3, -0.25) is 9.59 Å². The second-order valence-electron chi connectivity index (χ2n) is 6.92. The van der Waals surface area contributed by atoms with Gasteiger partial charge in [0, 0.05) is 16.8 Å². The third-order valence-corrected chi connectivity index (χ3v) is 5.56. The molecule has 1 N–H and O–H groups in total. The van der Waals surface area contributed by atoms with Crippen molar-refractivity contribution in [2.45, 2.75) is 20.4 Å². The van der Waals surface area contributed by atoms with E-state index < -0.39 is 0 Å². The number of benzene rings is 2. The van der Waals surface area contributed by atoms with Crippen molar-refractivity contribution < 1.29 is 4.79 Å². The Morgan fingerprint density at radius 3 is 2.57 bits per heavy atom. The monoisotopic (exact) mass is 388 g/mol. The average Bonchev–Trinajstić information content (AvgIpc) is 3.20. The van der Waals surface area contributed by atoms with Gasteiger partial charge in [-0.05, 0) is 66.1 Å². The van der Waals surface area contributed by atoms with Crippen molar-refractivity contribution in [2.24, 2.45) is 0 Å². The number of rotatable bonds is 4. The molecule has 0 atom stereocenters. The lowest BCUT2D eigenvalue weighted by atomic mass is 10.1. The maximum Gasteiger partial charge on any atom is 0.268 e. The molecule has 140 valence electrons. The lowest BCUT2D eigenvalue weighted by molar-refractivity contribution is 0.0989. The Labute approximate surface area is 167 Å². The zero-order valence-corrected chi connectivity index (χ0v) is 16.5. The molecule has 4 rings (SSSR count). The first-order valence-corrected chi connectivity index (χ1v) is 9.94. The number of hydrogen-bond acceptors (Lipinski definition) is 3. The van der Waals surface area contributed by atoms with Crippen LogP contribution in [0.1, 0.15) is 26.4 Å². The van der Waals surface area contributed by atoms with Gasteiger partial charge in [0.05, 0.1) is 11.4 Å². The highest BCUT2D eigenvalue weighted by Crippen LogP contribution is 2.23. The van der Waals surface area contributed by atoms with Crippen molar-refractivity contribution in [1.82, 2.24) is 4.98 Å². The summed E-state index contributed by atoms with van der Waals surface area (Å²) >= 11 is 1.40. The van der Waals surface area contributed by atoms with Gasteiger partial charge in [0.2, 0.25) is 0 Å². The molecular weight excluding hydrogens is 368 g/mol. The van der Waals surface area contributed by atoms with Crippen LogP contribution < -0.4 is 10.5 Å². The second-order valence-corrected chi connectivity index (χ2v) is 7.87. The van der Waals surface area contributed by atoms with Gasteiger partial charge in [0.1, 0.15) is 0 Å². The van der Waals surface area contributed by atoms with E-state index in [1.807, 2.05) is 79.9 Å². The number of nitrogens with one attached hydrogen (secondary N) is 1. The van der Waals surface area contributed by atoms with E-state index in [4.69, 9.17) is 0 Å². The normalized spacial score (nSPS) is 10.9. The van der Waals surface area contributed by atoms with Crippen LogP contribution in [0.25, 0.3) is 10.9 Å². The van der Waals surface area contributed by atoms with Crippen molar-refractivity contribution >= 4 is 33.8 Å². The zero-order valence-electron chi connectivity index (χ0n) is 15.7. The predicted octanol–water partition coefficient (Wildman–Crippen LogP) is 5.05. The summed E-state index contributed by atoms with van der Waals surface area (Å²) in [6.07, 6.45) is 0. The number of anilines is 1. The fourth-order valence-electron chi connectivity index (χ4n) is 3.26. The SMILES string of the molecule is Cc1cccc(N(Cc2cc3ccc(C)cc3[nH]c2=O)C(=O)c2cccs2)c1. The molecule has 0 saturated carbocycles. The quantitative estimate of drug-likeness (QED) is 0.532. The molecule has 0 aliphatic carbocycles. The Morgan fingerprint density at radius 2 is 1.82 bits per heavy atom. The number of pyridine rings is 1. The van der Waals surface area contributed by atoms with Gasteiger partial charge in [-0.2, -0.15) is 0 Å². The smallest absolute Gasteiger partial charge is 0.268 e. The number of carbonyl (C=O) groups excluding carboxylic acids is 1. The second kappa shape index (κ2) is 7.44. The van der Waals surface area contributed by atoms with E-state index in [2.05, 4.69) is 4.98 Å². The van der Waals surface area contributed by atoms with Gasteiger partial charge in [-0.15, -0.1) is 11.3 Å². The van der Waals surface area contributed by atoms with Gasteiger partial charge in [0.15, 0.2) is 0 Å². The molecule has 0 saturated heterocycles. The molecule has 0 fully saturated rings. The Balaban J connectivity index is 1.78. The van der Waals surface area contributed by atoms with Crippen molar-refractivity contribution in [1.29, 1.82) is 0 Å². The number of hydrogen-bond donors (Lipinski definition) is 1. The van der Waals surface area contributed by atoms with Crippen molar-refractivity contribution in [3.63, 3.8) is 0 Å². The number of nitrogens with zero attached hydrogens (tertiary/aromatic N) is 1. The fraction of sp³-hybridized carbons (Fsp3) is 0.130. The largest absolute Gasteiger partial charge is 0.322 e. The number of amides is 1. The molecule has 0 bridgehead atoms. The highest BCUT2D eigenvalue weighted by Gasteiger charge is 2.20. The fourth-order valence-corrected chi connectivity index (χ4v) is 3.93. The maximum atomic E-state index is 13.2. The number of aromatic amines is 1. The van der Waals surface area contributed by atoms with Crippen LogP contribution in [0, 0.1) is 13.8 Å². The Kier molecular flexibility index (Phi) is 4.84. The van der Waals surface area contributed by atoms with E-state index in [1.165, 1.54) is 11.3 Å². The summed E-state index contributed by atoms with van der Waals surface area (Å²) in [5.41, 5.74) is 4.12. The predicted molar refractivity (Wildman–Crippen MR) is 115 cm³/mol. The van der Waals surface area contributed by atoms with E-state index >= 15 is 0 Å².